The molecule has 1 aliphatic heterocycles. The van der Waals surface area contributed by atoms with Crippen molar-refractivity contribution in [2.75, 3.05) is 25.4 Å². The van der Waals surface area contributed by atoms with Gasteiger partial charge >= 0.3 is 5.97 Å². The molecule has 0 radical (unpaired) electrons. The molecule has 0 aromatic heterocycles. The Bertz CT molecular complexity index is 540. The van der Waals surface area contributed by atoms with Crippen molar-refractivity contribution in [2.24, 2.45) is 5.92 Å². The minimum Gasteiger partial charge on any atom is -0.466 e. The molecule has 0 saturated carbocycles. The molecule has 2 N–H and O–H groups in total. The number of hydrogen-bond acceptors (Lipinski definition) is 4. The van der Waals surface area contributed by atoms with Crippen LogP contribution in [0.1, 0.15) is 30.1 Å². The van der Waals surface area contributed by atoms with E-state index in [4.69, 9.17) is 22.1 Å². The summed E-state index contributed by atoms with van der Waals surface area (Å²) in [6, 6.07) is 4.86. The smallest absolute Gasteiger partial charge is 0.309 e. The lowest BCUT2D eigenvalue weighted by atomic mass is 9.96. The summed E-state index contributed by atoms with van der Waals surface area (Å²) in [5.74, 6) is -0.404. The van der Waals surface area contributed by atoms with Crippen LogP contribution < -0.4 is 5.73 Å². The molecule has 114 valence electrons. The second-order valence-electron chi connectivity index (χ2n) is 5.05. The standard InChI is InChI=1S/C15H19ClN2O3/c1-2-21-15(20)10-5-7-18(8-6-10)14(19)12-4-3-11(16)9-13(12)17/h3-4,9-10H,2,5-8,17H2,1H3. The summed E-state index contributed by atoms with van der Waals surface area (Å²) < 4.78 is 5.02. The van der Waals surface area contributed by atoms with Gasteiger partial charge < -0.3 is 15.4 Å². The minimum absolute atomic E-state index is 0.114. The van der Waals surface area contributed by atoms with Gasteiger partial charge in [-0.25, -0.2) is 0 Å². The molecule has 21 heavy (non-hydrogen) atoms. The van der Waals surface area contributed by atoms with E-state index in [1.807, 2.05) is 0 Å². The molecular weight excluding hydrogens is 292 g/mol. The van der Waals surface area contributed by atoms with Crippen LogP contribution in [-0.2, 0) is 9.53 Å². The lowest BCUT2D eigenvalue weighted by Gasteiger charge is -2.31. The molecule has 1 aliphatic rings. The number of carbonyl (C=O) groups is 2. The SMILES string of the molecule is CCOC(=O)C1CCN(C(=O)c2ccc(Cl)cc2N)CC1. The van der Waals surface area contributed by atoms with Crippen molar-refractivity contribution in [1.29, 1.82) is 0 Å². The number of anilines is 1. The van der Waals surface area contributed by atoms with E-state index >= 15 is 0 Å². The summed E-state index contributed by atoms with van der Waals surface area (Å²) in [6.45, 7) is 3.24. The van der Waals surface area contributed by atoms with Crippen molar-refractivity contribution in [3.05, 3.63) is 28.8 Å². The van der Waals surface area contributed by atoms with Crippen LogP contribution in [0, 0.1) is 5.92 Å². The molecular formula is C15H19ClN2O3. The monoisotopic (exact) mass is 310 g/mol. The molecule has 6 heteroatoms. The van der Waals surface area contributed by atoms with Gasteiger partial charge in [-0.2, -0.15) is 0 Å². The zero-order chi connectivity index (χ0) is 15.4. The number of nitrogens with zero attached hydrogens (tertiary/aromatic N) is 1. The fraction of sp³-hybridized carbons (Fsp3) is 0.467. The number of ether oxygens (including phenoxy) is 1. The van der Waals surface area contributed by atoms with Crippen molar-refractivity contribution >= 4 is 29.2 Å². The lowest BCUT2D eigenvalue weighted by Crippen LogP contribution is -2.40. The zero-order valence-electron chi connectivity index (χ0n) is 12.0. The molecule has 0 bridgehead atoms. The van der Waals surface area contributed by atoms with Crippen LogP contribution >= 0.6 is 11.6 Å². The fourth-order valence-electron chi connectivity index (χ4n) is 2.48. The first-order valence-electron chi connectivity index (χ1n) is 7.04. The Hall–Kier alpha value is -1.75. The Balaban J connectivity index is 1.98. The Morgan fingerprint density at radius 2 is 2.05 bits per heavy atom. The predicted molar refractivity (Wildman–Crippen MR) is 81.1 cm³/mol. The quantitative estimate of drug-likeness (QED) is 0.687. The molecule has 1 fully saturated rings. The molecule has 2 rings (SSSR count). The highest BCUT2D eigenvalue weighted by Gasteiger charge is 2.29. The fourth-order valence-corrected chi connectivity index (χ4v) is 2.66. The minimum atomic E-state index is -0.171. The molecule has 1 amide bonds. The van der Waals surface area contributed by atoms with Crippen molar-refractivity contribution in [3.8, 4) is 0 Å². The molecule has 1 heterocycles. The van der Waals surface area contributed by atoms with Gasteiger partial charge in [-0.15, -0.1) is 0 Å². The summed E-state index contributed by atoms with van der Waals surface area (Å²) in [4.78, 5) is 25.8. The number of amides is 1. The molecule has 5 nitrogen and oxygen atoms in total. The molecule has 1 saturated heterocycles. The van der Waals surface area contributed by atoms with Gasteiger partial charge in [0.1, 0.15) is 0 Å². The third kappa shape index (κ3) is 3.67. The van der Waals surface area contributed by atoms with E-state index in [2.05, 4.69) is 0 Å². The van der Waals surface area contributed by atoms with E-state index < -0.39 is 0 Å². The first-order valence-corrected chi connectivity index (χ1v) is 7.41. The molecule has 1 aromatic carbocycles. The van der Waals surface area contributed by atoms with E-state index in [0.29, 0.717) is 48.8 Å². The normalized spacial score (nSPS) is 15.8. The Labute approximate surface area is 129 Å². The number of hydrogen-bond donors (Lipinski definition) is 1. The van der Waals surface area contributed by atoms with Gasteiger partial charge in [0.25, 0.3) is 5.91 Å². The maximum atomic E-state index is 12.4. The van der Waals surface area contributed by atoms with Crippen LogP contribution in [0.15, 0.2) is 18.2 Å². The second-order valence-corrected chi connectivity index (χ2v) is 5.49. The number of nitrogens with two attached hydrogens (primary N) is 1. The van der Waals surface area contributed by atoms with E-state index in [9.17, 15) is 9.59 Å². The topological polar surface area (TPSA) is 72.6 Å². The number of benzene rings is 1. The maximum absolute atomic E-state index is 12.4. The van der Waals surface area contributed by atoms with Gasteiger partial charge in [0.15, 0.2) is 0 Å². The maximum Gasteiger partial charge on any atom is 0.309 e. The van der Waals surface area contributed by atoms with Crippen LogP contribution in [0.3, 0.4) is 0 Å². The van der Waals surface area contributed by atoms with Gasteiger partial charge in [-0.1, -0.05) is 11.6 Å². The molecule has 0 unspecified atom stereocenters. The number of likely N-dealkylation sites (tertiary alicyclic amines) is 1. The highest BCUT2D eigenvalue weighted by molar-refractivity contribution is 6.31. The van der Waals surface area contributed by atoms with Gasteiger partial charge in [-0.3, -0.25) is 9.59 Å². The number of piperidine rings is 1. The summed E-state index contributed by atoms with van der Waals surface area (Å²) in [7, 11) is 0. The number of rotatable bonds is 3. The second kappa shape index (κ2) is 6.80. The first kappa shape index (κ1) is 15.6. The van der Waals surface area contributed by atoms with E-state index in [0.717, 1.165) is 0 Å². The summed E-state index contributed by atoms with van der Waals surface area (Å²) >= 11 is 5.83. The van der Waals surface area contributed by atoms with Gasteiger partial charge in [0.2, 0.25) is 0 Å². The zero-order valence-corrected chi connectivity index (χ0v) is 12.7. The third-order valence-electron chi connectivity index (χ3n) is 3.65. The van der Waals surface area contributed by atoms with Gasteiger partial charge in [0.05, 0.1) is 18.1 Å². The molecule has 1 aromatic rings. The van der Waals surface area contributed by atoms with Crippen LogP contribution in [0.4, 0.5) is 5.69 Å². The van der Waals surface area contributed by atoms with Crippen molar-refractivity contribution in [3.63, 3.8) is 0 Å². The highest BCUT2D eigenvalue weighted by Crippen LogP contribution is 2.23. The Morgan fingerprint density at radius 3 is 2.62 bits per heavy atom. The number of halogens is 1. The summed E-state index contributed by atoms with van der Waals surface area (Å²) in [5.41, 5.74) is 6.67. The molecule has 0 spiro atoms. The average molecular weight is 311 g/mol. The average Bonchev–Trinajstić information content (AvgIpc) is 2.47. The number of carbonyl (C=O) groups excluding carboxylic acids is 2. The Kier molecular flexibility index (Phi) is 5.07. The number of esters is 1. The van der Waals surface area contributed by atoms with Crippen LogP contribution in [0.5, 0.6) is 0 Å². The largest absolute Gasteiger partial charge is 0.466 e. The highest BCUT2D eigenvalue weighted by atomic mass is 35.5. The van der Waals surface area contributed by atoms with Crippen LogP contribution in [0.25, 0.3) is 0 Å². The van der Waals surface area contributed by atoms with E-state index in [-0.39, 0.29) is 17.8 Å². The lowest BCUT2D eigenvalue weighted by molar-refractivity contribution is -0.149. The van der Waals surface area contributed by atoms with Crippen LogP contribution in [0.2, 0.25) is 5.02 Å². The third-order valence-corrected chi connectivity index (χ3v) is 3.88. The van der Waals surface area contributed by atoms with Crippen molar-refractivity contribution in [2.45, 2.75) is 19.8 Å². The predicted octanol–water partition coefficient (Wildman–Crippen LogP) is 2.34. The van der Waals surface area contributed by atoms with Crippen molar-refractivity contribution in [1.82, 2.24) is 4.90 Å². The van der Waals surface area contributed by atoms with Crippen LogP contribution in [-0.4, -0.2) is 36.5 Å². The van der Waals surface area contributed by atoms with Gasteiger partial charge in [0, 0.05) is 23.8 Å². The molecule has 0 atom stereocenters. The van der Waals surface area contributed by atoms with Gasteiger partial charge in [-0.05, 0) is 38.0 Å². The van der Waals surface area contributed by atoms with E-state index in [1.54, 1.807) is 30.0 Å². The summed E-state index contributed by atoms with van der Waals surface area (Å²) in [6.07, 6.45) is 1.25. The number of nitrogen functional groups attached to an aromatic ring is 1. The molecule has 0 aliphatic carbocycles. The first-order chi connectivity index (χ1) is 10.0. The summed E-state index contributed by atoms with van der Waals surface area (Å²) in [5, 5.41) is 0.505. The van der Waals surface area contributed by atoms with E-state index in [1.165, 1.54) is 0 Å². The Morgan fingerprint density at radius 1 is 1.38 bits per heavy atom. The van der Waals surface area contributed by atoms with Crippen molar-refractivity contribution < 1.29 is 14.3 Å².